The monoisotopic (exact) mass is 419 g/mol. The van der Waals surface area contributed by atoms with Gasteiger partial charge in [-0.3, -0.25) is 4.79 Å². The van der Waals surface area contributed by atoms with Gasteiger partial charge in [-0.25, -0.2) is 15.0 Å². The zero-order chi connectivity index (χ0) is 21.8. The predicted molar refractivity (Wildman–Crippen MR) is 121 cm³/mol. The molecule has 0 saturated carbocycles. The molecule has 31 heavy (non-hydrogen) atoms. The number of nitrogens with one attached hydrogen (secondary N) is 1. The zero-order valence-electron chi connectivity index (χ0n) is 18.4. The summed E-state index contributed by atoms with van der Waals surface area (Å²) in [5.41, 5.74) is 5.29. The number of hydrogen-bond acceptors (Lipinski definition) is 6. The van der Waals surface area contributed by atoms with Crippen molar-refractivity contribution in [2.45, 2.75) is 40.2 Å². The van der Waals surface area contributed by atoms with Gasteiger partial charge in [-0.05, 0) is 57.4 Å². The van der Waals surface area contributed by atoms with Crippen LogP contribution >= 0.6 is 0 Å². The van der Waals surface area contributed by atoms with E-state index in [1.807, 2.05) is 57.3 Å². The molecule has 1 aliphatic heterocycles. The molecule has 1 atom stereocenters. The molecule has 7 heteroatoms. The Hall–Kier alpha value is -3.22. The highest BCUT2D eigenvalue weighted by molar-refractivity contribution is 5.80. The van der Waals surface area contributed by atoms with Gasteiger partial charge < -0.3 is 15.0 Å². The number of carbonyl (C=O) groups excluding carboxylic acids is 1. The first-order valence-electron chi connectivity index (χ1n) is 10.9. The summed E-state index contributed by atoms with van der Waals surface area (Å²) in [6.07, 6.45) is 3.69. The van der Waals surface area contributed by atoms with E-state index in [9.17, 15) is 4.79 Å². The van der Waals surface area contributed by atoms with Crippen LogP contribution in [0.3, 0.4) is 0 Å². The molecule has 1 aliphatic rings. The highest BCUT2D eigenvalue weighted by Gasteiger charge is 2.26. The minimum atomic E-state index is -0.0506. The Balaban J connectivity index is 1.41. The van der Waals surface area contributed by atoms with Crippen LogP contribution in [0.2, 0.25) is 0 Å². The van der Waals surface area contributed by atoms with Crippen LogP contribution in [0.4, 0.5) is 5.69 Å². The average molecular weight is 420 g/mol. The molecule has 7 nitrogen and oxygen atoms in total. The zero-order valence-corrected chi connectivity index (χ0v) is 18.4. The number of hydrogen-bond donors (Lipinski definition) is 1. The van der Waals surface area contributed by atoms with Crippen molar-refractivity contribution in [2.75, 3.05) is 24.6 Å². The van der Waals surface area contributed by atoms with Gasteiger partial charge in [0.1, 0.15) is 11.3 Å². The number of carbonyl (C=O) groups is 1. The number of amides is 1. The summed E-state index contributed by atoms with van der Waals surface area (Å²) in [6.45, 7) is 8.58. The third-order valence-electron chi connectivity index (χ3n) is 5.75. The van der Waals surface area contributed by atoms with Crippen LogP contribution in [0.15, 0.2) is 36.5 Å². The first-order chi connectivity index (χ1) is 15.0. The van der Waals surface area contributed by atoms with E-state index in [-0.39, 0.29) is 11.8 Å². The Morgan fingerprint density at radius 2 is 2.06 bits per heavy atom. The van der Waals surface area contributed by atoms with E-state index in [1.54, 1.807) is 0 Å². The van der Waals surface area contributed by atoms with E-state index >= 15 is 0 Å². The lowest BCUT2D eigenvalue weighted by atomic mass is 9.96. The van der Waals surface area contributed by atoms with Gasteiger partial charge in [0.2, 0.25) is 5.91 Å². The Morgan fingerprint density at radius 3 is 2.90 bits per heavy atom. The van der Waals surface area contributed by atoms with Crippen LogP contribution in [0, 0.1) is 19.8 Å². The summed E-state index contributed by atoms with van der Waals surface area (Å²) in [5.74, 6) is 0.868. The number of fused-ring (bicyclic) bond motifs is 1. The minimum Gasteiger partial charge on any atom is -0.494 e. The summed E-state index contributed by atoms with van der Waals surface area (Å²) in [4.78, 5) is 28.7. The fraction of sp³-hybridized carbons (Fsp3) is 0.417. The summed E-state index contributed by atoms with van der Waals surface area (Å²) >= 11 is 0. The molecule has 0 spiro atoms. The van der Waals surface area contributed by atoms with Crippen molar-refractivity contribution in [3.05, 3.63) is 53.5 Å². The predicted octanol–water partition coefficient (Wildman–Crippen LogP) is 3.57. The SMILES string of the molecule is CCOc1cccc(CNC(=O)C2CCCN(c3cnc4nc(C)c(C)nc4c3)C2)c1. The second-order valence-electron chi connectivity index (χ2n) is 8.01. The lowest BCUT2D eigenvalue weighted by molar-refractivity contribution is -0.125. The molecule has 4 rings (SSSR count). The fourth-order valence-electron chi connectivity index (χ4n) is 3.95. The van der Waals surface area contributed by atoms with E-state index in [4.69, 9.17) is 4.74 Å². The quantitative estimate of drug-likeness (QED) is 0.658. The van der Waals surface area contributed by atoms with E-state index in [0.717, 1.165) is 53.3 Å². The molecule has 1 unspecified atom stereocenters. The van der Waals surface area contributed by atoms with Gasteiger partial charge in [0.15, 0.2) is 5.65 Å². The molecule has 1 aromatic carbocycles. The number of benzene rings is 1. The number of pyridine rings is 1. The van der Waals surface area contributed by atoms with Crippen LogP contribution < -0.4 is 15.0 Å². The van der Waals surface area contributed by atoms with E-state index in [2.05, 4.69) is 25.2 Å². The van der Waals surface area contributed by atoms with E-state index in [0.29, 0.717) is 25.3 Å². The highest BCUT2D eigenvalue weighted by Crippen LogP contribution is 2.25. The van der Waals surface area contributed by atoms with E-state index in [1.165, 1.54) is 0 Å². The summed E-state index contributed by atoms with van der Waals surface area (Å²) in [5, 5.41) is 3.09. The molecule has 1 N–H and O–H groups in total. The normalized spacial score (nSPS) is 16.4. The molecule has 2 aromatic heterocycles. The fourth-order valence-corrected chi connectivity index (χ4v) is 3.95. The largest absolute Gasteiger partial charge is 0.494 e. The van der Waals surface area contributed by atoms with Crippen molar-refractivity contribution in [2.24, 2.45) is 5.92 Å². The molecule has 162 valence electrons. The first-order valence-corrected chi connectivity index (χ1v) is 10.9. The summed E-state index contributed by atoms with van der Waals surface area (Å²) < 4.78 is 5.54. The molecule has 0 bridgehead atoms. The standard InChI is InChI=1S/C24H29N5O2/c1-4-31-21-9-5-7-18(11-21)13-26-24(30)19-8-6-10-29(15-19)20-12-22-23(25-14-20)28-17(3)16(2)27-22/h5,7,9,11-12,14,19H,4,6,8,10,13,15H2,1-3H3,(H,26,30). The maximum atomic E-state index is 12.8. The van der Waals surface area contributed by atoms with Gasteiger partial charge in [0, 0.05) is 19.6 Å². The summed E-state index contributed by atoms with van der Waals surface area (Å²) in [6, 6.07) is 9.89. The number of ether oxygens (including phenoxy) is 1. The Kier molecular flexibility index (Phi) is 6.30. The summed E-state index contributed by atoms with van der Waals surface area (Å²) in [7, 11) is 0. The van der Waals surface area contributed by atoms with Crippen LogP contribution in [0.5, 0.6) is 5.75 Å². The van der Waals surface area contributed by atoms with Crippen molar-refractivity contribution < 1.29 is 9.53 Å². The van der Waals surface area contributed by atoms with Gasteiger partial charge in [0.05, 0.1) is 35.8 Å². The maximum absolute atomic E-state index is 12.8. The number of aryl methyl sites for hydroxylation is 2. The van der Waals surface area contributed by atoms with Gasteiger partial charge in [0.25, 0.3) is 0 Å². The number of piperidine rings is 1. The molecule has 3 heterocycles. The van der Waals surface area contributed by atoms with Crippen LogP contribution in [0.1, 0.15) is 36.7 Å². The maximum Gasteiger partial charge on any atom is 0.225 e. The van der Waals surface area contributed by atoms with Crippen molar-refractivity contribution in [3.8, 4) is 5.75 Å². The first kappa shape index (κ1) is 21.0. The topological polar surface area (TPSA) is 80.2 Å². The lowest BCUT2D eigenvalue weighted by Crippen LogP contribution is -2.43. The van der Waals surface area contributed by atoms with Crippen molar-refractivity contribution in [1.82, 2.24) is 20.3 Å². The molecular weight excluding hydrogens is 390 g/mol. The number of anilines is 1. The highest BCUT2D eigenvalue weighted by atomic mass is 16.5. The molecule has 1 amide bonds. The second-order valence-corrected chi connectivity index (χ2v) is 8.01. The van der Waals surface area contributed by atoms with Gasteiger partial charge in [-0.2, -0.15) is 0 Å². The Bertz CT molecular complexity index is 1080. The van der Waals surface area contributed by atoms with Crippen molar-refractivity contribution in [1.29, 1.82) is 0 Å². The van der Waals surface area contributed by atoms with Gasteiger partial charge >= 0.3 is 0 Å². The number of nitrogens with zero attached hydrogens (tertiary/aromatic N) is 4. The molecule has 0 aliphatic carbocycles. The van der Waals surface area contributed by atoms with Crippen molar-refractivity contribution in [3.63, 3.8) is 0 Å². The third kappa shape index (κ3) is 4.93. The molecule has 1 saturated heterocycles. The van der Waals surface area contributed by atoms with Crippen molar-refractivity contribution >= 4 is 22.8 Å². The minimum absolute atomic E-state index is 0.0506. The number of aromatic nitrogens is 3. The lowest BCUT2D eigenvalue weighted by Gasteiger charge is -2.33. The van der Waals surface area contributed by atoms with Gasteiger partial charge in [-0.1, -0.05) is 12.1 Å². The Labute approximate surface area is 182 Å². The molecule has 1 fully saturated rings. The van der Waals surface area contributed by atoms with Gasteiger partial charge in [-0.15, -0.1) is 0 Å². The van der Waals surface area contributed by atoms with E-state index < -0.39 is 0 Å². The molecule has 0 radical (unpaired) electrons. The smallest absolute Gasteiger partial charge is 0.225 e. The second kappa shape index (κ2) is 9.29. The van der Waals surface area contributed by atoms with Crippen LogP contribution in [0.25, 0.3) is 11.2 Å². The van der Waals surface area contributed by atoms with Crippen LogP contribution in [-0.4, -0.2) is 40.6 Å². The Morgan fingerprint density at radius 1 is 1.23 bits per heavy atom. The average Bonchev–Trinajstić information content (AvgIpc) is 2.78. The molecule has 3 aromatic rings. The van der Waals surface area contributed by atoms with Crippen LogP contribution in [-0.2, 0) is 11.3 Å². The number of rotatable bonds is 6. The molecular formula is C24H29N5O2. The third-order valence-corrected chi connectivity index (χ3v) is 5.75.